The molecule has 0 bridgehead atoms. The molecule has 0 saturated heterocycles. The van der Waals surface area contributed by atoms with Gasteiger partial charge in [-0.2, -0.15) is 0 Å². The average molecular weight is 224 g/mol. The fourth-order valence-corrected chi connectivity index (χ4v) is 1.72. The predicted octanol–water partition coefficient (Wildman–Crippen LogP) is 2.26. The molecule has 0 aliphatic rings. The van der Waals surface area contributed by atoms with Crippen molar-refractivity contribution in [2.24, 2.45) is 0 Å². The number of hydrogen-bond acceptors (Lipinski definition) is 2. The van der Waals surface area contributed by atoms with Gasteiger partial charge < -0.3 is 10.2 Å². The van der Waals surface area contributed by atoms with E-state index in [9.17, 15) is 4.39 Å². The average Bonchev–Trinajstić information content (AvgIpc) is 2.24. The van der Waals surface area contributed by atoms with E-state index in [1.54, 1.807) is 12.1 Å². The van der Waals surface area contributed by atoms with Gasteiger partial charge in [-0.1, -0.05) is 19.1 Å². The van der Waals surface area contributed by atoms with E-state index in [0.29, 0.717) is 6.04 Å². The summed E-state index contributed by atoms with van der Waals surface area (Å²) in [7, 11) is 4.16. The molecule has 1 N–H and O–H groups in total. The molecule has 0 aliphatic heterocycles. The normalized spacial score (nSPS) is 13.1. The molecule has 1 aromatic rings. The highest BCUT2D eigenvalue weighted by molar-refractivity contribution is 5.15. The van der Waals surface area contributed by atoms with Crippen LogP contribution in [0, 0.1) is 5.82 Å². The first-order valence-corrected chi connectivity index (χ1v) is 5.75. The maximum Gasteiger partial charge on any atom is 0.123 e. The van der Waals surface area contributed by atoms with Gasteiger partial charge in [-0.15, -0.1) is 0 Å². The van der Waals surface area contributed by atoms with Crippen LogP contribution in [0.25, 0.3) is 0 Å². The molecule has 1 unspecified atom stereocenters. The number of nitrogens with one attached hydrogen (secondary N) is 1. The van der Waals surface area contributed by atoms with Crippen LogP contribution in [0.4, 0.5) is 4.39 Å². The third-order valence-electron chi connectivity index (χ3n) is 2.80. The van der Waals surface area contributed by atoms with Crippen molar-refractivity contribution in [2.45, 2.75) is 25.9 Å². The van der Waals surface area contributed by atoms with Crippen LogP contribution < -0.4 is 5.32 Å². The van der Waals surface area contributed by atoms with E-state index >= 15 is 0 Å². The molecular weight excluding hydrogens is 203 g/mol. The molecule has 90 valence electrons. The quantitative estimate of drug-likeness (QED) is 0.797. The van der Waals surface area contributed by atoms with Crippen molar-refractivity contribution in [1.29, 1.82) is 0 Å². The molecule has 0 amide bonds. The number of rotatable bonds is 6. The van der Waals surface area contributed by atoms with Gasteiger partial charge in [0.25, 0.3) is 0 Å². The van der Waals surface area contributed by atoms with Gasteiger partial charge in [-0.3, -0.25) is 0 Å². The molecule has 1 rings (SSSR count). The van der Waals surface area contributed by atoms with Crippen LogP contribution in [0.15, 0.2) is 24.3 Å². The molecule has 16 heavy (non-hydrogen) atoms. The summed E-state index contributed by atoms with van der Waals surface area (Å²) < 4.78 is 12.9. The Morgan fingerprint density at radius 2 is 2.12 bits per heavy atom. The first kappa shape index (κ1) is 13.1. The second-order valence-corrected chi connectivity index (χ2v) is 4.29. The van der Waals surface area contributed by atoms with Crippen molar-refractivity contribution in [3.05, 3.63) is 35.6 Å². The lowest BCUT2D eigenvalue weighted by molar-refractivity contribution is 0.276. The highest BCUT2D eigenvalue weighted by atomic mass is 19.1. The van der Waals surface area contributed by atoms with E-state index in [1.165, 1.54) is 6.07 Å². The lowest BCUT2D eigenvalue weighted by atomic mass is 10.2. The smallest absolute Gasteiger partial charge is 0.123 e. The molecule has 0 spiro atoms. The highest BCUT2D eigenvalue weighted by Gasteiger charge is 2.07. The van der Waals surface area contributed by atoms with Crippen LogP contribution in [0.5, 0.6) is 0 Å². The van der Waals surface area contributed by atoms with E-state index in [1.807, 2.05) is 6.07 Å². The first-order valence-electron chi connectivity index (χ1n) is 5.75. The molecule has 3 heteroatoms. The van der Waals surface area contributed by atoms with E-state index in [-0.39, 0.29) is 5.82 Å². The number of likely N-dealkylation sites (N-methyl/N-ethyl adjacent to an activating group) is 1. The fraction of sp³-hybridized carbons (Fsp3) is 0.538. The van der Waals surface area contributed by atoms with Crippen LogP contribution >= 0.6 is 0 Å². The van der Waals surface area contributed by atoms with Gasteiger partial charge in [-0.05, 0) is 38.2 Å². The lowest BCUT2D eigenvalue weighted by Crippen LogP contribution is -2.37. The van der Waals surface area contributed by atoms with E-state index in [2.05, 4.69) is 31.2 Å². The maximum absolute atomic E-state index is 12.9. The minimum absolute atomic E-state index is 0.168. The van der Waals surface area contributed by atoms with Crippen LogP contribution in [-0.2, 0) is 6.54 Å². The molecule has 0 fully saturated rings. The molecule has 0 saturated carbocycles. The maximum atomic E-state index is 12.9. The standard InChI is InChI=1S/C13H21FN2/c1-4-13(16(2)3)10-15-9-11-6-5-7-12(14)8-11/h5-8,13,15H,4,9-10H2,1-3H3. The minimum atomic E-state index is -0.168. The summed E-state index contributed by atoms with van der Waals surface area (Å²) in [6, 6.07) is 7.26. The third-order valence-corrected chi connectivity index (χ3v) is 2.80. The van der Waals surface area contributed by atoms with Gasteiger partial charge in [0.1, 0.15) is 5.82 Å². The zero-order valence-electron chi connectivity index (χ0n) is 10.3. The molecule has 0 aliphatic carbocycles. The fourth-order valence-electron chi connectivity index (χ4n) is 1.72. The largest absolute Gasteiger partial charge is 0.311 e. The molecule has 0 radical (unpaired) electrons. The summed E-state index contributed by atoms with van der Waals surface area (Å²) >= 11 is 0. The number of benzene rings is 1. The van der Waals surface area contributed by atoms with E-state index in [4.69, 9.17) is 0 Å². The second kappa shape index (κ2) is 6.61. The van der Waals surface area contributed by atoms with Crippen LogP contribution in [0.1, 0.15) is 18.9 Å². The van der Waals surface area contributed by atoms with Crippen molar-refractivity contribution >= 4 is 0 Å². The van der Waals surface area contributed by atoms with Gasteiger partial charge in [-0.25, -0.2) is 4.39 Å². The predicted molar refractivity (Wildman–Crippen MR) is 65.9 cm³/mol. The second-order valence-electron chi connectivity index (χ2n) is 4.29. The topological polar surface area (TPSA) is 15.3 Å². The Morgan fingerprint density at radius 1 is 1.38 bits per heavy atom. The Hall–Kier alpha value is -0.930. The van der Waals surface area contributed by atoms with Gasteiger partial charge in [0.15, 0.2) is 0 Å². The summed E-state index contributed by atoms with van der Waals surface area (Å²) in [5, 5.41) is 3.35. The number of nitrogens with zero attached hydrogens (tertiary/aromatic N) is 1. The Bertz CT molecular complexity index is 313. The lowest BCUT2D eigenvalue weighted by Gasteiger charge is -2.23. The van der Waals surface area contributed by atoms with Gasteiger partial charge in [0.05, 0.1) is 0 Å². The van der Waals surface area contributed by atoms with Gasteiger partial charge in [0.2, 0.25) is 0 Å². The van der Waals surface area contributed by atoms with E-state index < -0.39 is 0 Å². The Kier molecular flexibility index (Phi) is 5.43. The summed E-state index contributed by atoms with van der Waals surface area (Å²) in [5.41, 5.74) is 0.994. The van der Waals surface area contributed by atoms with E-state index in [0.717, 1.165) is 25.1 Å². The summed E-state index contributed by atoms with van der Waals surface area (Å²) in [6.45, 7) is 3.83. The van der Waals surface area contributed by atoms with Gasteiger partial charge in [0, 0.05) is 19.1 Å². The summed E-state index contributed by atoms with van der Waals surface area (Å²) in [6.07, 6.45) is 1.11. The number of halogens is 1. The molecule has 2 nitrogen and oxygen atoms in total. The monoisotopic (exact) mass is 224 g/mol. The summed E-state index contributed by atoms with van der Waals surface area (Å²) in [4.78, 5) is 2.21. The minimum Gasteiger partial charge on any atom is -0.311 e. The van der Waals surface area contributed by atoms with Crippen molar-refractivity contribution in [1.82, 2.24) is 10.2 Å². The van der Waals surface area contributed by atoms with Crippen molar-refractivity contribution in [3.8, 4) is 0 Å². The zero-order chi connectivity index (χ0) is 12.0. The molecule has 0 heterocycles. The molecule has 0 aromatic heterocycles. The molecule has 1 atom stereocenters. The highest BCUT2D eigenvalue weighted by Crippen LogP contribution is 2.03. The Labute approximate surface area is 97.5 Å². The van der Waals surface area contributed by atoms with Crippen LogP contribution in [-0.4, -0.2) is 31.6 Å². The van der Waals surface area contributed by atoms with Crippen LogP contribution in [0.3, 0.4) is 0 Å². The van der Waals surface area contributed by atoms with Gasteiger partial charge >= 0.3 is 0 Å². The van der Waals surface area contributed by atoms with Crippen molar-refractivity contribution < 1.29 is 4.39 Å². The van der Waals surface area contributed by atoms with Crippen LogP contribution in [0.2, 0.25) is 0 Å². The molecular formula is C13H21FN2. The number of hydrogen-bond donors (Lipinski definition) is 1. The third kappa shape index (κ3) is 4.29. The SMILES string of the molecule is CCC(CNCc1cccc(F)c1)N(C)C. The Morgan fingerprint density at radius 3 is 2.69 bits per heavy atom. The Balaban J connectivity index is 2.35. The molecule has 1 aromatic carbocycles. The van der Waals surface area contributed by atoms with Crippen molar-refractivity contribution in [2.75, 3.05) is 20.6 Å². The summed E-state index contributed by atoms with van der Waals surface area (Å²) in [5.74, 6) is -0.168. The first-order chi connectivity index (χ1) is 7.63. The zero-order valence-corrected chi connectivity index (χ0v) is 10.3. The van der Waals surface area contributed by atoms with Crippen molar-refractivity contribution in [3.63, 3.8) is 0 Å².